The lowest BCUT2D eigenvalue weighted by molar-refractivity contribution is 0.0983. The van der Waals surface area contributed by atoms with E-state index in [2.05, 4.69) is 12.1 Å². The fraction of sp³-hybridized carbons (Fsp3) is 0.625. The van der Waals surface area contributed by atoms with Crippen molar-refractivity contribution < 1.29 is 9.47 Å². The van der Waals surface area contributed by atoms with Gasteiger partial charge in [0.2, 0.25) is 0 Å². The molecule has 1 fully saturated rings. The fourth-order valence-corrected chi connectivity index (χ4v) is 2.73. The van der Waals surface area contributed by atoms with Gasteiger partial charge in [-0.3, -0.25) is 0 Å². The van der Waals surface area contributed by atoms with E-state index in [9.17, 15) is 0 Å². The summed E-state index contributed by atoms with van der Waals surface area (Å²) in [5.41, 5.74) is 7.21. The second kappa shape index (κ2) is 7.51. The Hall–Kier alpha value is -1.06. The molecule has 2 atom stereocenters. The topological polar surface area (TPSA) is 44.5 Å². The highest BCUT2D eigenvalue weighted by atomic mass is 16.5. The van der Waals surface area contributed by atoms with E-state index in [1.807, 2.05) is 12.1 Å². The van der Waals surface area contributed by atoms with Crippen molar-refractivity contribution in [2.75, 3.05) is 20.3 Å². The summed E-state index contributed by atoms with van der Waals surface area (Å²) < 4.78 is 10.9. The number of benzene rings is 1. The van der Waals surface area contributed by atoms with Crippen LogP contribution in [0.15, 0.2) is 24.3 Å². The number of methoxy groups -OCH3 is 1. The van der Waals surface area contributed by atoms with Crippen LogP contribution in [0.5, 0.6) is 5.75 Å². The van der Waals surface area contributed by atoms with Gasteiger partial charge < -0.3 is 15.2 Å². The molecule has 1 aliphatic rings. The van der Waals surface area contributed by atoms with Crippen molar-refractivity contribution in [3.8, 4) is 5.75 Å². The maximum Gasteiger partial charge on any atom is 0.119 e. The van der Waals surface area contributed by atoms with E-state index in [0.717, 1.165) is 38.2 Å². The van der Waals surface area contributed by atoms with Gasteiger partial charge in [-0.25, -0.2) is 0 Å². The van der Waals surface area contributed by atoms with Crippen molar-refractivity contribution in [3.63, 3.8) is 0 Å². The molecular formula is C16H25NO2. The van der Waals surface area contributed by atoms with Crippen LogP contribution in [0.2, 0.25) is 0 Å². The first kappa shape index (κ1) is 14.4. The van der Waals surface area contributed by atoms with E-state index in [1.165, 1.54) is 18.4 Å². The summed E-state index contributed by atoms with van der Waals surface area (Å²) in [6.07, 6.45) is 6.23. The zero-order chi connectivity index (χ0) is 13.5. The molecule has 0 saturated carbocycles. The maximum absolute atomic E-state index is 5.90. The first-order chi connectivity index (χ1) is 9.31. The molecule has 106 valence electrons. The van der Waals surface area contributed by atoms with Crippen molar-refractivity contribution >= 4 is 0 Å². The zero-order valence-corrected chi connectivity index (χ0v) is 11.8. The van der Waals surface area contributed by atoms with Crippen molar-refractivity contribution in [1.82, 2.24) is 0 Å². The minimum Gasteiger partial charge on any atom is -0.497 e. The molecule has 0 aliphatic carbocycles. The molecule has 1 aromatic rings. The van der Waals surface area contributed by atoms with Crippen LogP contribution in [-0.2, 0) is 11.2 Å². The van der Waals surface area contributed by atoms with Crippen LogP contribution >= 0.6 is 0 Å². The second-order valence-electron chi connectivity index (χ2n) is 5.37. The highest BCUT2D eigenvalue weighted by Crippen LogP contribution is 2.22. The first-order valence-electron chi connectivity index (χ1n) is 7.26. The molecule has 0 spiro atoms. The Balaban J connectivity index is 1.83. The van der Waals surface area contributed by atoms with Gasteiger partial charge in [-0.1, -0.05) is 12.1 Å². The average molecular weight is 263 g/mol. The van der Waals surface area contributed by atoms with Gasteiger partial charge in [0, 0.05) is 6.61 Å². The van der Waals surface area contributed by atoms with Gasteiger partial charge in [-0.2, -0.15) is 0 Å². The Morgan fingerprint density at radius 3 is 3.05 bits per heavy atom. The lowest BCUT2D eigenvalue weighted by Gasteiger charge is -2.17. The third kappa shape index (κ3) is 4.51. The van der Waals surface area contributed by atoms with E-state index >= 15 is 0 Å². The number of nitrogens with two attached hydrogens (primary N) is 1. The van der Waals surface area contributed by atoms with Crippen LogP contribution in [0.3, 0.4) is 0 Å². The molecule has 19 heavy (non-hydrogen) atoms. The Bertz CT molecular complexity index is 375. The fourth-order valence-electron chi connectivity index (χ4n) is 2.73. The summed E-state index contributed by atoms with van der Waals surface area (Å²) >= 11 is 0. The van der Waals surface area contributed by atoms with Crippen molar-refractivity contribution in [2.45, 2.75) is 38.2 Å². The Kier molecular flexibility index (Phi) is 5.67. The monoisotopic (exact) mass is 263 g/mol. The summed E-state index contributed by atoms with van der Waals surface area (Å²) in [7, 11) is 1.71. The van der Waals surface area contributed by atoms with Crippen LogP contribution in [0.4, 0.5) is 0 Å². The third-order valence-corrected chi connectivity index (χ3v) is 3.91. The molecule has 1 aromatic carbocycles. The molecule has 0 amide bonds. The number of ether oxygens (including phenoxy) is 2. The normalized spacial score (nSPS) is 20.4. The van der Waals surface area contributed by atoms with Crippen molar-refractivity contribution in [1.29, 1.82) is 0 Å². The predicted octanol–water partition coefficient (Wildman–Crippen LogP) is 2.77. The van der Waals surface area contributed by atoms with Gasteiger partial charge in [0.1, 0.15) is 5.75 Å². The molecule has 1 saturated heterocycles. The van der Waals surface area contributed by atoms with Crippen LogP contribution in [0, 0.1) is 5.92 Å². The SMILES string of the molecule is COc1cccc(CC(CN)CCC2CCCO2)c1. The maximum atomic E-state index is 5.90. The zero-order valence-electron chi connectivity index (χ0n) is 11.8. The molecule has 0 aromatic heterocycles. The van der Waals surface area contributed by atoms with E-state index in [0.29, 0.717) is 12.0 Å². The van der Waals surface area contributed by atoms with Crippen LogP contribution in [0.1, 0.15) is 31.2 Å². The summed E-state index contributed by atoms with van der Waals surface area (Å²) in [4.78, 5) is 0. The minimum absolute atomic E-state index is 0.472. The lowest BCUT2D eigenvalue weighted by atomic mass is 9.93. The predicted molar refractivity (Wildman–Crippen MR) is 77.5 cm³/mol. The molecule has 2 N–H and O–H groups in total. The summed E-state index contributed by atoms with van der Waals surface area (Å²) in [6.45, 7) is 1.68. The van der Waals surface area contributed by atoms with E-state index in [4.69, 9.17) is 15.2 Å². The van der Waals surface area contributed by atoms with E-state index < -0.39 is 0 Å². The summed E-state index contributed by atoms with van der Waals surface area (Å²) in [5, 5.41) is 0. The molecule has 3 heteroatoms. The summed E-state index contributed by atoms with van der Waals surface area (Å²) in [5.74, 6) is 1.46. The summed E-state index contributed by atoms with van der Waals surface area (Å²) in [6, 6.07) is 8.28. The molecule has 0 bridgehead atoms. The Labute approximate surface area is 116 Å². The minimum atomic E-state index is 0.472. The Morgan fingerprint density at radius 1 is 1.47 bits per heavy atom. The highest BCUT2D eigenvalue weighted by Gasteiger charge is 2.17. The first-order valence-corrected chi connectivity index (χ1v) is 7.26. The van der Waals surface area contributed by atoms with Crippen LogP contribution in [0.25, 0.3) is 0 Å². The molecule has 3 nitrogen and oxygen atoms in total. The van der Waals surface area contributed by atoms with Gasteiger partial charge in [0.25, 0.3) is 0 Å². The van der Waals surface area contributed by atoms with Gasteiger partial charge in [-0.05, 0) is 62.3 Å². The van der Waals surface area contributed by atoms with Gasteiger partial charge in [-0.15, -0.1) is 0 Å². The average Bonchev–Trinajstić information content (AvgIpc) is 2.97. The van der Waals surface area contributed by atoms with Gasteiger partial charge >= 0.3 is 0 Å². The smallest absolute Gasteiger partial charge is 0.119 e. The molecule has 2 rings (SSSR count). The molecule has 1 heterocycles. The van der Waals surface area contributed by atoms with Crippen LogP contribution in [-0.4, -0.2) is 26.4 Å². The lowest BCUT2D eigenvalue weighted by Crippen LogP contribution is -2.19. The van der Waals surface area contributed by atoms with Gasteiger partial charge in [0.05, 0.1) is 13.2 Å². The molecule has 2 unspecified atom stereocenters. The van der Waals surface area contributed by atoms with Gasteiger partial charge in [0.15, 0.2) is 0 Å². The van der Waals surface area contributed by atoms with Crippen molar-refractivity contribution in [2.24, 2.45) is 11.7 Å². The number of hydrogen-bond acceptors (Lipinski definition) is 3. The molecule has 0 radical (unpaired) electrons. The van der Waals surface area contributed by atoms with Crippen LogP contribution < -0.4 is 10.5 Å². The molecule has 1 aliphatic heterocycles. The van der Waals surface area contributed by atoms with Crippen molar-refractivity contribution in [3.05, 3.63) is 29.8 Å². The highest BCUT2D eigenvalue weighted by molar-refractivity contribution is 5.28. The second-order valence-corrected chi connectivity index (χ2v) is 5.37. The quantitative estimate of drug-likeness (QED) is 0.822. The Morgan fingerprint density at radius 2 is 2.37 bits per heavy atom. The number of rotatable bonds is 7. The molecular weight excluding hydrogens is 238 g/mol. The van der Waals surface area contributed by atoms with E-state index in [1.54, 1.807) is 7.11 Å². The van der Waals surface area contributed by atoms with E-state index in [-0.39, 0.29) is 0 Å². The largest absolute Gasteiger partial charge is 0.497 e. The third-order valence-electron chi connectivity index (χ3n) is 3.91. The number of hydrogen-bond donors (Lipinski definition) is 1. The standard InChI is InChI=1S/C16H25NO2/c1-18-16-5-2-4-13(11-16)10-14(12-17)7-8-15-6-3-9-19-15/h2,4-5,11,14-15H,3,6-10,12,17H2,1H3.